The quantitative estimate of drug-likeness (QED) is 0.529. The molecule has 0 atom stereocenters. The first-order chi connectivity index (χ1) is 12.7. The van der Waals surface area contributed by atoms with Crippen molar-refractivity contribution in [2.75, 3.05) is 11.6 Å². The molecule has 0 fully saturated rings. The lowest BCUT2D eigenvalue weighted by Gasteiger charge is -1.99. The van der Waals surface area contributed by atoms with Crippen LogP contribution < -0.4 is 5.32 Å². The molecule has 2 heterocycles. The van der Waals surface area contributed by atoms with Gasteiger partial charge >= 0.3 is 6.01 Å². The smallest absolute Gasteiger partial charge is 0.322 e. The number of nitrogens with one attached hydrogen (secondary N) is 1. The maximum absolute atomic E-state index is 12.3. The van der Waals surface area contributed by atoms with Crippen LogP contribution >= 0.6 is 11.8 Å². The maximum atomic E-state index is 12.3. The van der Waals surface area contributed by atoms with Crippen molar-refractivity contribution in [1.29, 1.82) is 0 Å². The summed E-state index contributed by atoms with van der Waals surface area (Å²) in [6, 6.07) is 17.3. The molecule has 0 unspecified atom stereocenters. The molecule has 2 aromatic heterocycles. The number of hydrogen-bond acceptors (Lipinski definition) is 6. The number of carbonyl (C=O) groups is 1. The molecule has 0 bridgehead atoms. The summed E-state index contributed by atoms with van der Waals surface area (Å²) in [7, 11) is 0. The first kappa shape index (κ1) is 16.4. The molecule has 0 aliphatic heterocycles. The summed E-state index contributed by atoms with van der Waals surface area (Å²) in [6.45, 7) is 0. The molecule has 130 valence electrons. The lowest BCUT2D eigenvalue weighted by Crippen LogP contribution is -2.10. The van der Waals surface area contributed by atoms with Crippen LogP contribution in [0.4, 0.5) is 6.01 Å². The van der Waals surface area contributed by atoms with E-state index in [0.29, 0.717) is 17.9 Å². The highest BCUT2D eigenvalue weighted by atomic mass is 32.2. The second-order valence-corrected chi connectivity index (χ2v) is 6.51. The van der Waals surface area contributed by atoms with Gasteiger partial charge in [0.05, 0.1) is 6.42 Å². The Balaban J connectivity index is 1.44. The second kappa shape index (κ2) is 7.05. The van der Waals surface area contributed by atoms with Crippen LogP contribution in [-0.4, -0.2) is 22.4 Å². The van der Waals surface area contributed by atoms with Crippen LogP contribution in [-0.2, 0) is 6.42 Å². The van der Waals surface area contributed by atoms with Crippen LogP contribution in [0.1, 0.15) is 22.0 Å². The Hall–Kier alpha value is -3.06. The van der Waals surface area contributed by atoms with Gasteiger partial charge in [-0.2, -0.15) is 0 Å². The van der Waals surface area contributed by atoms with E-state index in [2.05, 4.69) is 15.5 Å². The molecule has 4 rings (SSSR count). The highest BCUT2D eigenvalue weighted by Gasteiger charge is 2.16. The van der Waals surface area contributed by atoms with E-state index in [1.165, 1.54) is 4.90 Å². The van der Waals surface area contributed by atoms with Crippen molar-refractivity contribution in [3.05, 3.63) is 71.8 Å². The molecular formula is C19H15N3O3S. The van der Waals surface area contributed by atoms with E-state index in [9.17, 15) is 4.79 Å². The molecule has 0 radical (unpaired) electrons. The molecule has 6 nitrogen and oxygen atoms in total. The molecular weight excluding hydrogens is 350 g/mol. The number of amides is 1. The molecule has 0 aliphatic rings. The topological polar surface area (TPSA) is 81.2 Å². The van der Waals surface area contributed by atoms with Crippen LogP contribution in [0.25, 0.3) is 11.0 Å². The molecule has 0 saturated heterocycles. The molecule has 1 amide bonds. The number of para-hydroxylation sites is 1. The summed E-state index contributed by atoms with van der Waals surface area (Å²) in [5.41, 5.74) is 1.71. The van der Waals surface area contributed by atoms with E-state index in [-0.39, 0.29) is 11.8 Å². The molecule has 7 heteroatoms. The van der Waals surface area contributed by atoms with Crippen LogP contribution in [0.5, 0.6) is 0 Å². The highest BCUT2D eigenvalue weighted by molar-refractivity contribution is 7.98. The van der Waals surface area contributed by atoms with Crippen molar-refractivity contribution in [2.45, 2.75) is 11.3 Å². The van der Waals surface area contributed by atoms with Gasteiger partial charge in [0.2, 0.25) is 5.89 Å². The van der Waals surface area contributed by atoms with Crippen LogP contribution in [0.2, 0.25) is 0 Å². The minimum atomic E-state index is -0.430. The van der Waals surface area contributed by atoms with Crippen molar-refractivity contribution >= 4 is 34.7 Å². The van der Waals surface area contributed by atoms with Gasteiger partial charge in [0, 0.05) is 10.3 Å². The fourth-order valence-corrected chi connectivity index (χ4v) is 2.95. The SMILES string of the molecule is CSc1ccc(Cc2nnc(NC(=O)c3cc4ccccc4o3)o2)cc1. The zero-order valence-corrected chi connectivity index (χ0v) is 14.7. The van der Waals surface area contributed by atoms with E-state index >= 15 is 0 Å². The van der Waals surface area contributed by atoms with Gasteiger partial charge in [-0.15, -0.1) is 16.9 Å². The van der Waals surface area contributed by atoms with E-state index < -0.39 is 5.91 Å². The summed E-state index contributed by atoms with van der Waals surface area (Å²) in [4.78, 5) is 13.5. The van der Waals surface area contributed by atoms with E-state index in [1.54, 1.807) is 23.9 Å². The Kier molecular flexibility index (Phi) is 4.45. The van der Waals surface area contributed by atoms with Crippen LogP contribution in [0, 0.1) is 0 Å². The Labute approximate surface area is 153 Å². The minimum absolute atomic E-state index is 0.0474. The lowest BCUT2D eigenvalue weighted by atomic mass is 10.1. The van der Waals surface area contributed by atoms with Gasteiger partial charge in [0.25, 0.3) is 5.91 Å². The molecule has 2 aromatic carbocycles. The number of aromatic nitrogens is 2. The first-order valence-corrected chi connectivity index (χ1v) is 9.19. The number of rotatable bonds is 5. The zero-order chi connectivity index (χ0) is 17.9. The predicted octanol–water partition coefficient (Wildman–Crippen LogP) is 4.38. The zero-order valence-electron chi connectivity index (χ0n) is 13.9. The first-order valence-electron chi connectivity index (χ1n) is 7.96. The molecule has 26 heavy (non-hydrogen) atoms. The number of carbonyl (C=O) groups excluding carboxylic acids is 1. The van der Waals surface area contributed by atoms with Crippen molar-refractivity contribution in [3.8, 4) is 0 Å². The Morgan fingerprint density at radius 2 is 1.88 bits per heavy atom. The predicted molar refractivity (Wildman–Crippen MR) is 99.5 cm³/mol. The summed E-state index contributed by atoms with van der Waals surface area (Å²) in [5, 5.41) is 11.3. The minimum Gasteiger partial charge on any atom is -0.451 e. The van der Waals surface area contributed by atoms with Crippen molar-refractivity contribution in [1.82, 2.24) is 10.2 Å². The maximum Gasteiger partial charge on any atom is 0.322 e. The summed E-state index contributed by atoms with van der Waals surface area (Å²) < 4.78 is 11.0. The normalized spacial score (nSPS) is 11.0. The number of fused-ring (bicyclic) bond motifs is 1. The number of hydrogen-bond donors (Lipinski definition) is 1. The van der Waals surface area contributed by atoms with Gasteiger partial charge < -0.3 is 8.83 Å². The monoisotopic (exact) mass is 365 g/mol. The highest BCUT2D eigenvalue weighted by Crippen LogP contribution is 2.20. The summed E-state index contributed by atoms with van der Waals surface area (Å²) >= 11 is 1.69. The third-order valence-corrected chi connectivity index (χ3v) is 4.59. The third kappa shape index (κ3) is 3.48. The second-order valence-electron chi connectivity index (χ2n) is 5.63. The Bertz CT molecular complexity index is 1020. The van der Waals surface area contributed by atoms with E-state index in [4.69, 9.17) is 8.83 Å². The Morgan fingerprint density at radius 3 is 2.65 bits per heavy atom. The summed E-state index contributed by atoms with van der Waals surface area (Å²) in [6.07, 6.45) is 2.53. The van der Waals surface area contributed by atoms with E-state index in [0.717, 1.165) is 10.9 Å². The van der Waals surface area contributed by atoms with Crippen molar-refractivity contribution in [3.63, 3.8) is 0 Å². The third-order valence-electron chi connectivity index (χ3n) is 3.85. The van der Waals surface area contributed by atoms with Crippen molar-refractivity contribution in [2.24, 2.45) is 0 Å². The van der Waals surface area contributed by atoms with E-state index in [1.807, 2.05) is 48.7 Å². The van der Waals surface area contributed by atoms with Gasteiger partial charge in [-0.1, -0.05) is 35.4 Å². The molecule has 0 aliphatic carbocycles. The van der Waals surface area contributed by atoms with Gasteiger partial charge in [0.1, 0.15) is 5.58 Å². The van der Waals surface area contributed by atoms with Gasteiger partial charge in [-0.05, 0) is 36.1 Å². The number of benzene rings is 2. The molecule has 1 N–H and O–H groups in total. The van der Waals surface area contributed by atoms with Crippen molar-refractivity contribution < 1.29 is 13.6 Å². The standard InChI is InChI=1S/C19H15N3O3S/c1-26-14-8-6-12(7-9-14)10-17-21-22-19(25-17)20-18(23)16-11-13-4-2-3-5-15(13)24-16/h2-9,11H,10H2,1H3,(H,20,22,23). The largest absolute Gasteiger partial charge is 0.451 e. The van der Waals surface area contributed by atoms with Crippen LogP contribution in [0.15, 0.2) is 68.3 Å². The fraction of sp³-hybridized carbons (Fsp3) is 0.105. The molecule has 0 saturated carbocycles. The fourth-order valence-electron chi connectivity index (χ4n) is 2.55. The number of thioether (sulfide) groups is 1. The van der Waals surface area contributed by atoms with Gasteiger partial charge in [-0.25, -0.2) is 0 Å². The summed E-state index contributed by atoms with van der Waals surface area (Å²) in [5.74, 6) is 0.195. The Morgan fingerprint density at radius 1 is 1.08 bits per heavy atom. The van der Waals surface area contributed by atoms with Crippen LogP contribution in [0.3, 0.4) is 0 Å². The van der Waals surface area contributed by atoms with Gasteiger partial charge in [-0.3, -0.25) is 10.1 Å². The lowest BCUT2D eigenvalue weighted by molar-refractivity contribution is 0.0995. The molecule has 0 spiro atoms. The van der Waals surface area contributed by atoms with Gasteiger partial charge in [0.15, 0.2) is 5.76 Å². The average Bonchev–Trinajstić information content (AvgIpc) is 3.29. The number of anilines is 1. The average molecular weight is 365 g/mol. The molecule has 4 aromatic rings. The number of furan rings is 1. The number of nitrogens with zero attached hydrogens (tertiary/aromatic N) is 2.